The maximum Gasteiger partial charge on any atom is 0.333 e. The van der Waals surface area contributed by atoms with Crippen LogP contribution in [0.3, 0.4) is 0 Å². The lowest BCUT2D eigenvalue weighted by molar-refractivity contribution is -0.141. The normalized spacial score (nSPS) is 12.2. The number of aliphatic hydroxyl groups excluding tert-OH is 1. The lowest BCUT2D eigenvalue weighted by atomic mass is 10.3. The minimum Gasteiger partial charge on any atom is -0.460 e. The largest absolute Gasteiger partial charge is 0.460 e. The summed E-state index contributed by atoms with van der Waals surface area (Å²) < 4.78 is 15.2. The summed E-state index contributed by atoms with van der Waals surface area (Å²) in [6, 6.07) is 0. The number of hydrogen-bond acceptors (Lipinski definition) is 6. The predicted octanol–water partition coefficient (Wildman–Crippen LogP) is 0.109. The molecule has 0 saturated carbocycles. The molecule has 0 aliphatic rings. The Hall–Kier alpha value is -0.950. The third-order valence-corrected chi connectivity index (χ3v) is 2.13. The number of nitrogens with one attached hydrogen (secondary N) is 1. The Labute approximate surface area is 114 Å². The number of ether oxygens (including phenoxy) is 3. The van der Waals surface area contributed by atoms with E-state index in [9.17, 15) is 9.90 Å². The average molecular weight is 275 g/mol. The fourth-order valence-corrected chi connectivity index (χ4v) is 1.13. The molecule has 6 nitrogen and oxygen atoms in total. The zero-order chi connectivity index (χ0) is 14.5. The van der Waals surface area contributed by atoms with Gasteiger partial charge in [0.25, 0.3) is 0 Å². The second-order valence-corrected chi connectivity index (χ2v) is 4.05. The van der Waals surface area contributed by atoms with Crippen LogP contribution in [-0.4, -0.2) is 63.3 Å². The number of hydrogen-bond donors (Lipinski definition) is 2. The molecule has 0 aliphatic carbocycles. The third-order valence-electron chi connectivity index (χ3n) is 2.13. The summed E-state index contributed by atoms with van der Waals surface area (Å²) in [5, 5.41) is 12.5. The van der Waals surface area contributed by atoms with Gasteiger partial charge in [-0.1, -0.05) is 6.58 Å². The predicted molar refractivity (Wildman–Crippen MR) is 72.0 cm³/mol. The van der Waals surface area contributed by atoms with Gasteiger partial charge in [-0.15, -0.1) is 0 Å². The summed E-state index contributed by atoms with van der Waals surface area (Å²) in [6.07, 6.45) is -0.730. The molecule has 19 heavy (non-hydrogen) atoms. The Morgan fingerprint density at radius 3 is 2.63 bits per heavy atom. The number of esters is 1. The fraction of sp³-hybridized carbons (Fsp3) is 0.769. The number of carbonyl (C=O) groups is 1. The van der Waals surface area contributed by atoms with Crippen LogP contribution < -0.4 is 5.32 Å². The van der Waals surface area contributed by atoms with Gasteiger partial charge in [0.1, 0.15) is 12.7 Å². The second kappa shape index (κ2) is 12.1. The van der Waals surface area contributed by atoms with Crippen LogP contribution in [0, 0.1) is 0 Å². The molecule has 1 unspecified atom stereocenters. The summed E-state index contributed by atoms with van der Waals surface area (Å²) in [6.45, 7) is 10.3. The summed E-state index contributed by atoms with van der Waals surface area (Å²) >= 11 is 0. The van der Waals surface area contributed by atoms with Crippen molar-refractivity contribution in [3.8, 4) is 0 Å². The Morgan fingerprint density at radius 1 is 1.32 bits per heavy atom. The first-order chi connectivity index (χ1) is 9.07. The quantitative estimate of drug-likeness (QED) is 0.299. The van der Waals surface area contributed by atoms with Crippen LogP contribution in [0.2, 0.25) is 0 Å². The van der Waals surface area contributed by atoms with Crippen molar-refractivity contribution in [2.24, 2.45) is 0 Å². The zero-order valence-electron chi connectivity index (χ0n) is 11.8. The molecule has 0 spiro atoms. The molecule has 0 aromatic rings. The van der Waals surface area contributed by atoms with Gasteiger partial charge in [0, 0.05) is 25.3 Å². The van der Waals surface area contributed by atoms with Gasteiger partial charge < -0.3 is 24.6 Å². The molecule has 0 rings (SSSR count). The average Bonchev–Trinajstić information content (AvgIpc) is 2.38. The molecule has 2 N–H and O–H groups in total. The minimum atomic E-state index is -0.730. The molecule has 0 radical (unpaired) electrons. The zero-order valence-corrected chi connectivity index (χ0v) is 11.8. The molecular weight excluding hydrogens is 250 g/mol. The highest BCUT2D eigenvalue weighted by atomic mass is 16.5. The Kier molecular flexibility index (Phi) is 11.5. The molecule has 0 bridgehead atoms. The van der Waals surface area contributed by atoms with E-state index in [0.29, 0.717) is 45.1 Å². The highest BCUT2D eigenvalue weighted by Gasteiger charge is 2.08. The van der Waals surface area contributed by atoms with Crippen LogP contribution in [0.5, 0.6) is 0 Å². The van der Waals surface area contributed by atoms with Gasteiger partial charge in [-0.2, -0.15) is 0 Å². The van der Waals surface area contributed by atoms with Gasteiger partial charge in [0.05, 0.1) is 19.8 Å². The SMILES string of the molecule is C=C(C)C(=O)OCC(O)CNCCOCCOCC. The van der Waals surface area contributed by atoms with Crippen LogP contribution in [0.25, 0.3) is 0 Å². The van der Waals surface area contributed by atoms with E-state index in [0.717, 1.165) is 0 Å². The Bertz CT molecular complexity index is 257. The van der Waals surface area contributed by atoms with Crippen molar-refractivity contribution in [2.75, 3.05) is 46.1 Å². The second-order valence-electron chi connectivity index (χ2n) is 4.05. The van der Waals surface area contributed by atoms with Crippen LogP contribution in [0.1, 0.15) is 13.8 Å². The Balaban J connectivity index is 3.31. The van der Waals surface area contributed by atoms with Crippen molar-refractivity contribution >= 4 is 5.97 Å². The molecule has 0 aromatic heterocycles. The first kappa shape index (κ1) is 18.0. The highest BCUT2D eigenvalue weighted by molar-refractivity contribution is 5.86. The number of carbonyl (C=O) groups excluding carboxylic acids is 1. The van der Waals surface area contributed by atoms with Crippen molar-refractivity contribution < 1.29 is 24.1 Å². The molecule has 0 aliphatic heterocycles. The summed E-state index contributed by atoms with van der Waals surface area (Å²) in [7, 11) is 0. The van der Waals surface area contributed by atoms with E-state index in [1.165, 1.54) is 0 Å². The first-order valence-electron chi connectivity index (χ1n) is 6.44. The van der Waals surface area contributed by atoms with E-state index in [2.05, 4.69) is 11.9 Å². The van der Waals surface area contributed by atoms with Gasteiger partial charge >= 0.3 is 5.97 Å². The fourth-order valence-electron chi connectivity index (χ4n) is 1.13. The molecule has 0 amide bonds. The summed E-state index contributed by atoms with van der Waals surface area (Å²) in [4.78, 5) is 11.1. The van der Waals surface area contributed by atoms with Gasteiger partial charge in [-0.05, 0) is 13.8 Å². The lowest BCUT2D eigenvalue weighted by Gasteiger charge is -2.12. The molecule has 6 heteroatoms. The maximum atomic E-state index is 11.1. The first-order valence-corrected chi connectivity index (χ1v) is 6.44. The highest BCUT2D eigenvalue weighted by Crippen LogP contribution is 1.93. The monoisotopic (exact) mass is 275 g/mol. The van der Waals surface area contributed by atoms with Crippen LogP contribution in [-0.2, 0) is 19.0 Å². The maximum absolute atomic E-state index is 11.1. The molecule has 0 fully saturated rings. The van der Waals surface area contributed by atoms with Gasteiger partial charge in [-0.25, -0.2) is 4.79 Å². The minimum absolute atomic E-state index is 0.0378. The third kappa shape index (κ3) is 11.9. The summed E-state index contributed by atoms with van der Waals surface area (Å²) in [5.74, 6) is -0.488. The van der Waals surface area contributed by atoms with Gasteiger partial charge in [0.2, 0.25) is 0 Å². The van der Waals surface area contributed by atoms with E-state index in [1.54, 1.807) is 6.92 Å². The van der Waals surface area contributed by atoms with Crippen LogP contribution >= 0.6 is 0 Å². The molecule has 0 heterocycles. The van der Waals surface area contributed by atoms with Crippen LogP contribution in [0.4, 0.5) is 0 Å². The van der Waals surface area contributed by atoms with E-state index in [-0.39, 0.29) is 6.61 Å². The molecule has 1 atom stereocenters. The lowest BCUT2D eigenvalue weighted by Crippen LogP contribution is -2.33. The molecule has 112 valence electrons. The van der Waals surface area contributed by atoms with Gasteiger partial charge in [-0.3, -0.25) is 0 Å². The summed E-state index contributed by atoms with van der Waals surface area (Å²) in [5.41, 5.74) is 0.322. The molecule has 0 aromatic carbocycles. The van der Waals surface area contributed by atoms with Gasteiger partial charge in [0.15, 0.2) is 0 Å². The van der Waals surface area contributed by atoms with E-state index >= 15 is 0 Å². The molecule has 0 saturated heterocycles. The smallest absolute Gasteiger partial charge is 0.333 e. The number of rotatable bonds is 12. The molecular formula is C13H25NO5. The van der Waals surface area contributed by atoms with Crippen molar-refractivity contribution in [3.05, 3.63) is 12.2 Å². The van der Waals surface area contributed by atoms with Crippen molar-refractivity contribution in [3.63, 3.8) is 0 Å². The standard InChI is InChI=1S/C13H25NO5/c1-4-17-7-8-18-6-5-14-9-12(15)10-19-13(16)11(2)3/h12,14-15H,2,4-10H2,1,3H3. The topological polar surface area (TPSA) is 77.0 Å². The van der Waals surface area contributed by atoms with E-state index in [1.807, 2.05) is 6.92 Å². The van der Waals surface area contributed by atoms with Crippen molar-refractivity contribution in [1.29, 1.82) is 0 Å². The van der Waals surface area contributed by atoms with E-state index < -0.39 is 12.1 Å². The van der Waals surface area contributed by atoms with Crippen LogP contribution in [0.15, 0.2) is 12.2 Å². The number of aliphatic hydroxyl groups is 1. The van der Waals surface area contributed by atoms with Crippen molar-refractivity contribution in [1.82, 2.24) is 5.32 Å². The van der Waals surface area contributed by atoms with E-state index in [4.69, 9.17) is 14.2 Å². The van der Waals surface area contributed by atoms with Crippen molar-refractivity contribution in [2.45, 2.75) is 20.0 Å². The Morgan fingerprint density at radius 2 is 2.00 bits per heavy atom.